The van der Waals surface area contributed by atoms with Gasteiger partial charge in [-0.25, -0.2) is 0 Å². The van der Waals surface area contributed by atoms with Gasteiger partial charge in [-0.15, -0.1) is 0 Å². The first-order valence-electron chi connectivity index (χ1n) is 18.3. The number of unbranched alkanes of at least 4 members (excludes halogenated alkanes) is 6. The standard InChI is InChI=1S/C38H66O8/c1-7-13-27-41-37(42-28-14-8-2,43-29-15-9-3)25-23-35(39)33-21-19-20-22-34(33)36(40)24-26-38(44-30-16-10-4,45-31-17-11-5)46-32-18-12-6/h19-22H,7-18,23-32H2,1-6H3. The minimum atomic E-state index is -1.28. The Hall–Kier alpha value is -1.68. The van der Waals surface area contributed by atoms with Gasteiger partial charge < -0.3 is 28.4 Å². The predicted molar refractivity (Wildman–Crippen MR) is 184 cm³/mol. The van der Waals surface area contributed by atoms with Gasteiger partial charge in [0.05, 0.1) is 39.6 Å². The van der Waals surface area contributed by atoms with Crippen molar-refractivity contribution in [3.8, 4) is 0 Å². The van der Waals surface area contributed by atoms with Crippen LogP contribution in [0.1, 0.15) is 165 Å². The lowest BCUT2D eigenvalue weighted by atomic mass is 9.95. The van der Waals surface area contributed by atoms with Crippen molar-refractivity contribution < 1.29 is 38.0 Å². The molecular weight excluding hydrogens is 584 g/mol. The lowest BCUT2D eigenvalue weighted by Crippen LogP contribution is -2.41. The van der Waals surface area contributed by atoms with E-state index in [0.717, 1.165) is 77.0 Å². The molecule has 0 unspecified atom stereocenters. The lowest BCUT2D eigenvalue weighted by Gasteiger charge is -2.34. The lowest BCUT2D eigenvalue weighted by molar-refractivity contribution is -0.383. The summed E-state index contributed by atoms with van der Waals surface area (Å²) in [5.74, 6) is -2.85. The third-order valence-corrected chi connectivity index (χ3v) is 7.76. The van der Waals surface area contributed by atoms with Gasteiger partial charge in [-0.2, -0.15) is 0 Å². The average molecular weight is 651 g/mol. The highest BCUT2D eigenvalue weighted by molar-refractivity contribution is 6.08. The topological polar surface area (TPSA) is 89.5 Å². The number of carbonyl (C=O) groups excluding carboxylic acids is 2. The number of hydrogen-bond acceptors (Lipinski definition) is 8. The van der Waals surface area contributed by atoms with Crippen molar-refractivity contribution in [1.82, 2.24) is 0 Å². The van der Waals surface area contributed by atoms with E-state index >= 15 is 0 Å². The minimum Gasteiger partial charge on any atom is -0.327 e. The molecule has 0 radical (unpaired) electrons. The molecule has 1 rings (SSSR count). The summed E-state index contributed by atoms with van der Waals surface area (Å²) in [4.78, 5) is 27.5. The zero-order valence-corrected chi connectivity index (χ0v) is 30.1. The number of hydrogen-bond donors (Lipinski definition) is 0. The Bertz CT molecular complexity index is 792. The molecule has 0 atom stereocenters. The summed E-state index contributed by atoms with van der Waals surface area (Å²) in [6.45, 7) is 15.6. The number of benzene rings is 1. The number of ketones is 2. The van der Waals surface area contributed by atoms with E-state index in [9.17, 15) is 9.59 Å². The molecule has 0 amide bonds. The highest BCUT2D eigenvalue weighted by Crippen LogP contribution is 2.28. The molecule has 0 aliphatic heterocycles. The molecule has 0 fully saturated rings. The molecule has 0 aromatic heterocycles. The molecule has 46 heavy (non-hydrogen) atoms. The molecule has 0 saturated carbocycles. The van der Waals surface area contributed by atoms with Crippen LogP contribution in [0.3, 0.4) is 0 Å². The van der Waals surface area contributed by atoms with E-state index in [-0.39, 0.29) is 37.2 Å². The van der Waals surface area contributed by atoms with Crippen LogP contribution < -0.4 is 0 Å². The van der Waals surface area contributed by atoms with Crippen molar-refractivity contribution in [3.05, 3.63) is 35.4 Å². The molecule has 0 saturated heterocycles. The van der Waals surface area contributed by atoms with Gasteiger partial charge >= 0.3 is 0 Å². The smallest absolute Gasteiger partial charge is 0.283 e. The van der Waals surface area contributed by atoms with E-state index in [2.05, 4.69) is 41.5 Å². The Balaban J connectivity index is 3.16. The van der Waals surface area contributed by atoms with Crippen LogP contribution >= 0.6 is 0 Å². The largest absolute Gasteiger partial charge is 0.327 e. The Morgan fingerprint density at radius 2 is 0.696 bits per heavy atom. The van der Waals surface area contributed by atoms with Crippen molar-refractivity contribution in [1.29, 1.82) is 0 Å². The van der Waals surface area contributed by atoms with Gasteiger partial charge in [0.25, 0.3) is 11.9 Å². The van der Waals surface area contributed by atoms with Crippen molar-refractivity contribution in [2.24, 2.45) is 0 Å². The van der Waals surface area contributed by atoms with Gasteiger partial charge in [0.1, 0.15) is 0 Å². The van der Waals surface area contributed by atoms with E-state index < -0.39 is 11.9 Å². The van der Waals surface area contributed by atoms with E-state index in [4.69, 9.17) is 28.4 Å². The molecule has 0 aliphatic rings. The van der Waals surface area contributed by atoms with Crippen molar-refractivity contribution in [3.63, 3.8) is 0 Å². The second-order valence-corrected chi connectivity index (χ2v) is 12.0. The molecule has 8 heteroatoms. The summed E-state index contributed by atoms with van der Waals surface area (Å²) < 4.78 is 37.3. The van der Waals surface area contributed by atoms with Gasteiger partial charge in [-0.05, 0) is 38.5 Å². The van der Waals surface area contributed by atoms with E-state index in [1.165, 1.54) is 0 Å². The maximum Gasteiger partial charge on any atom is 0.283 e. The maximum atomic E-state index is 13.7. The van der Waals surface area contributed by atoms with Crippen LogP contribution in [-0.4, -0.2) is 63.2 Å². The molecule has 1 aromatic carbocycles. The normalized spacial score (nSPS) is 12.1. The fourth-order valence-corrected chi connectivity index (χ4v) is 4.69. The molecule has 8 nitrogen and oxygen atoms in total. The Labute approximate surface area is 280 Å². The first kappa shape index (κ1) is 42.3. The second kappa shape index (κ2) is 26.3. The third kappa shape index (κ3) is 16.9. The van der Waals surface area contributed by atoms with Crippen LogP contribution in [0.15, 0.2) is 24.3 Å². The maximum absolute atomic E-state index is 13.7. The van der Waals surface area contributed by atoms with Crippen molar-refractivity contribution in [2.45, 2.75) is 156 Å². The predicted octanol–water partition coefficient (Wildman–Crippen LogP) is 9.82. The number of carbonyl (C=O) groups is 2. The first-order valence-corrected chi connectivity index (χ1v) is 18.3. The summed E-state index contributed by atoms with van der Waals surface area (Å²) in [5.41, 5.74) is 0.793. The van der Waals surface area contributed by atoms with Crippen LogP contribution in [-0.2, 0) is 28.4 Å². The van der Waals surface area contributed by atoms with E-state index in [0.29, 0.717) is 50.8 Å². The number of ether oxygens (including phenoxy) is 6. The molecule has 0 heterocycles. The van der Waals surface area contributed by atoms with E-state index in [1.807, 2.05) is 0 Å². The zero-order chi connectivity index (χ0) is 33.9. The summed E-state index contributed by atoms with van der Waals surface area (Å²) in [6, 6.07) is 7.05. The average Bonchev–Trinajstić information content (AvgIpc) is 3.06. The number of rotatable bonds is 32. The SMILES string of the molecule is CCCCOC(CCC(=O)c1ccccc1C(=O)CCC(OCCCC)(OCCCC)OCCCC)(OCCCC)OCCCC. The van der Waals surface area contributed by atoms with Gasteiger partial charge in [-0.3, -0.25) is 9.59 Å². The van der Waals surface area contributed by atoms with E-state index in [1.54, 1.807) is 24.3 Å². The molecular formula is C38H66O8. The first-order chi connectivity index (χ1) is 22.4. The van der Waals surface area contributed by atoms with Crippen LogP contribution in [0.25, 0.3) is 0 Å². The minimum absolute atomic E-state index is 0.124. The third-order valence-electron chi connectivity index (χ3n) is 7.76. The second-order valence-electron chi connectivity index (χ2n) is 12.0. The Morgan fingerprint density at radius 3 is 0.913 bits per heavy atom. The van der Waals surface area contributed by atoms with Gasteiger partial charge in [0, 0.05) is 36.8 Å². The monoisotopic (exact) mass is 650 g/mol. The molecule has 0 aliphatic carbocycles. The zero-order valence-electron chi connectivity index (χ0n) is 30.1. The van der Waals surface area contributed by atoms with Gasteiger partial charge in [0.15, 0.2) is 11.6 Å². The van der Waals surface area contributed by atoms with Crippen molar-refractivity contribution >= 4 is 11.6 Å². The summed E-state index contributed by atoms with van der Waals surface area (Å²) in [6.07, 6.45) is 11.8. The molecule has 0 N–H and O–H groups in total. The van der Waals surface area contributed by atoms with Crippen LogP contribution in [0.5, 0.6) is 0 Å². The fourth-order valence-electron chi connectivity index (χ4n) is 4.69. The van der Waals surface area contributed by atoms with Crippen LogP contribution in [0.2, 0.25) is 0 Å². The Morgan fingerprint density at radius 1 is 0.457 bits per heavy atom. The highest BCUT2D eigenvalue weighted by Gasteiger charge is 2.36. The molecule has 0 bridgehead atoms. The molecule has 1 aromatic rings. The summed E-state index contributed by atoms with van der Waals surface area (Å²) in [7, 11) is 0. The van der Waals surface area contributed by atoms with Crippen LogP contribution in [0.4, 0.5) is 0 Å². The Kier molecular flexibility index (Phi) is 24.2. The van der Waals surface area contributed by atoms with Crippen LogP contribution in [0, 0.1) is 0 Å². The molecule has 266 valence electrons. The van der Waals surface area contributed by atoms with Gasteiger partial charge in [-0.1, -0.05) is 104 Å². The summed E-state index contributed by atoms with van der Waals surface area (Å²) in [5, 5.41) is 0. The van der Waals surface area contributed by atoms with Crippen molar-refractivity contribution in [2.75, 3.05) is 39.6 Å². The number of Topliss-reactive ketones (excluding diaryl/α,β-unsaturated/α-hetero) is 2. The molecule has 0 spiro atoms. The quantitative estimate of drug-likeness (QED) is 0.0432. The fraction of sp³-hybridized carbons (Fsp3) is 0.789. The van der Waals surface area contributed by atoms with Gasteiger partial charge in [0.2, 0.25) is 0 Å². The summed E-state index contributed by atoms with van der Waals surface area (Å²) >= 11 is 0. The highest BCUT2D eigenvalue weighted by atomic mass is 16.9.